The lowest BCUT2D eigenvalue weighted by Gasteiger charge is -2.51. The molecule has 0 spiro atoms. The monoisotopic (exact) mass is 618 g/mol. The molecular formula is C31H30N4O8S. The van der Waals surface area contributed by atoms with Crippen molar-refractivity contribution in [3.8, 4) is 0 Å². The Morgan fingerprint density at radius 3 is 2.14 bits per heavy atom. The van der Waals surface area contributed by atoms with Crippen LogP contribution < -0.4 is 11.1 Å². The van der Waals surface area contributed by atoms with Crippen molar-refractivity contribution in [2.24, 2.45) is 5.73 Å². The van der Waals surface area contributed by atoms with Crippen molar-refractivity contribution >= 4 is 41.2 Å². The number of β-lactam (4-membered cyclic amide) rings is 1. The molecule has 228 valence electrons. The number of hydrogen-bond acceptors (Lipinski definition) is 10. The fourth-order valence-electron chi connectivity index (χ4n) is 5.26. The molecule has 2 heterocycles. The van der Waals surface area contributed by atoms with Gasteiger partial charge in [0.2, 0.25) is 5.91 Å². The third-order valence-corrected chi connectivity index (χ3v) is 9.17. The molecule has 1 unspecified atom stereocenters. The van der Waals surface area contributed by atoms with Crippen LogP contribution in [-0.2, 0) is 41.9 Å². The van der Waals surface area contributed by atoms with Gasteiger partial charge < -0.3 is 19.7 Å². The molecule has 5 rings (SSSR count). The second-order valence-electron chi connectivity index (χ2n) is 11.0. The van der Waals surface area contributed by atoms with Crippen LogP contribution in [0.3, 0.4) is 0 Å². The number of hydrogen-bond donors (Lipinski definition) is 2. The highest BCUT2D eigenvalue weighted by Gasteiger charge is 2.71. The Morgan fingerprint density at radius 2 is 1.52 bits per heavy atom. The first kappa shape index (κ1) is 30.7. The van der Waals surface area contributed by atoms with E-state index in [4.69, 9.17) is 15.2 Å². The van der Waals surface area contributed by atoms with E-state index in [0.29, 0.717) is 11.1 Å². The number of nitro benzene ring substituents is 1. The SMILES string of the molecule is CC1(C)S[C@H]2N(C(=O)[C@@]2(N)NC(=O)C(C(=O)OCc2ccc([N+](=O)[O-])cc2)c2ccccc2)[C@H]1C(=O)OCc1ccccc1. The number of amides is 2. The van der Waals surface area contributed by atoms with Gasteiger partial charge >= 0.3 is 11.9 Å². The van der Waals surface area contributed by atoms with Gasteiger partial charge in [-0.1, -0.05) is 60.7 Å². The van der Waals surface area contributed by atoms with Crippen molar-refractivity contribution in [1.82, 2.24) is 10.2 Å². The minimum Gasteiger partial charge on any atom is -0.460 e. The van der Waals surface area contributed by atoms with Crippen LogP contribution in [0.5, 0.6) is 0 Å². The number of benzene rings is 3. The minimum atomic E-state index is -1.89. The Kier molecular flexibility index (Phi) is 8.44. The first-order valence-electron chi connectivity index (χ1n) is 13.7. The summed E-state index contributed by atoms with van der Waals surface area (Å²) in [4.78, 5) is 65.3. The van der Waals surface area contributed by atoms with Gasteiger partial charge in [-0.2, -0.15) is 0 Å². The standard InChI is InChI=1S/C31H30N4O8S/c1-30(2)24(27(38)43-17-19-9-5-3-6-10-19)34-28(39)31(32,29(34)44-30)33-25(36)23(21-11-7-4-8-12-21)26(37)42-18-20-13-15-22(16-14-20)35(40)41/h3-16,23-24,29H,17-18,32H2,1-2H3,(H,33,36)/t23?,24-,29+,31+/m0/s1. The highest BCUT2D eigenvalue weighted by atomic mass is 32.2. The number of rotatable bonds is 10. The van der Waals surface area contributed by atoms with E-state index >= 15 is 0 Å². The summed E-state index contributed by atoms with van der Waals surface area (Å²) in [5, 5.41) is 12.7. The summed E-state index contributed by atoms with van der Waals surface area (Å²) < 4.78 is 10.2. The topological polar surface area (TPSA) is 171 Å². The van der Waals surface area contributed by atoms with Gasteiger partial charge in [-0.3, -0.25) is 30.2 Å². The maximum Gasteiger partial charge on any atom is 0.330 e. The van der Waals surface area contributed by atoms with Crippen LogP contribution >= 0.6 is 11.8 Å². The van der Waals surface area contributed by atoms with Crippen molar-refractivity contribution in [2.45, 2.75) is 54.8 Å². The first-order chi connectivity index (χ1) is 20.9. The molecule has 0 bridgehead atoms. The molecule has 12 nitrogen and oxygen atoms in total. The lowest BCUT2D eigenvalue weighted by Crippen LogP contribution is -2.84. The molecule has 2 fully saturated rings. The maximum absolute atomic E-state index is 13.7. The minimum absolute atomic E-state index is 0.0366. The van der Waals surface area contributed by atoms with Crippen molar-refractivity contribution in [3.63, 3.8) is 0 Å². The highest BCUT2D eigenvalue weighted by molar-refractivity contribution is 8.01. The molecule has 3 N–H and O–H groups in total. The molecule has 3 aromatic rings. The fraction of sp³-hybridized carbons (Fsp3) is 0.290. The van der Waals surface area contributed by atoms with Crippen LogP contribution in [0.4, 0.5) is 5.69 Å². The first-order valence-corrected chi connectivity index (χ1v) is 14.6. The molecule has 2 amide bonds. The van der Waals surface area contributed by atoms with E-state index in [1.165, 1.54) is 40.9 Å². The molecule has 44 heavy (non-hydrogen) atoms. The van der Waals surface area contributed by atoms with Crippen LogP contribution in [0, 0.1) is 10.1 Å². The van der Waals surface area contributed by atoms with Crippen molar-refractivity contribution in [1.29, 1.82) is 0 Å². The Labute approximate surface area is 257 Å². The molecule has 0 saturated carbocycles. The summed E-state index contributed by atoms with van der Waals surface area (Å²) in [7, 11) is 0. The number of carbonyl (C=O) groups excluding carboxylic acids is 4. The summed E-state index contributed by atoms with van der Waals surface area (Å²) in [5.41, 5.74) is 6.08. The van der Waals surface area contributed by atoms with Gasteiger partial charge in [0.25, 0.3) is 11.6 Å². The fourth-order valence-corrected chi connectivity index (χ4v) is 6.85. The summed E-state index contributed by atoms with van der Waals surface area (Å²) in [6.45, 7) is 3.38. The number of non-ortho nitro benzene ring substituents is 1. The molecule has 13 heteroatoms. The predicted octanol–water partition coefficient (Wildman–Crippen LogP) is 3.00. The highest BCUT2D eigenvalue weighted by Crippen LogP contribution is 2.53. The summed E-state index contributed by atoms with van der Waals surface area (Å²) in [6.07, 6.45) is 0. The summed E-state index contributed by atoms with van der Waals surface area (Å²) >= 11 is 1.26. The molecule has 2 saturated heterocycles. The number of thioether (sulfide) groups is 1. The van der Waals surface area contributed by atoms with Crippen LogP contribution in [0.2, 0.25) is 0 Å². The summed E-state index contributed by atoms with van der Waals surface area (Å²) in [6, 6.07) is 21.8. The molecule has 4 atom stereocenters. The average molecular weight is 619 g/mol. The Morgan fingerprint density at radius 1 is 0.955 bits per heavy atom. The van der Waals surface area contributed by atoms with E-state index in [1.807, 2.05) is 30.3 Å². The van der Waals surface area contributed by atoms with Crippen molar-refractivity contribution in [2.75, 3.05) is 0 Å². The Hall–Kier alpha value is -4.75. The summed E-state index contributed by atoms with van der Waals surface area (Å²) in [5.74, 6) is -4.49. The zero-order valence-corrected chi connectivity index (χ0v) is 24.7. The molecular weight excluding hydrogens is 588 g/mol. The molecule has 0 aliphatic carbocycles. The lowest BCUT2D eigenvalue weighted by molar-refractivity contribution is -0.384. The number of fused-ring (bicyclic) bond motifs is 1. The largest absolute Gasteiger partial charge is 0.460 e. The number of nitrogens with zero attached hydrogens (tertiary/aromatic N) is 2. The van der Waals surface area contributed by atoms with Gasteiger partial charge in [-0.05, 0) is 42.7 Å². The zero-order valence-electron chi connectivity index (χ0n) is 23.9. The Bertz CT molecular complexity index is 1590. The van der Waals surface area contributed by atoms with Crippen LogP contribution in [0.15, 0.2) is 84.9 Å². The normalized spacial score (nSPS) is 22.2. The van der Waals surface area contributed by atoms with E-state index in [-0.39, 0.29) is 18.9 Å². The van der Waals surface area contributed by atoms with Gasteiger partial charge in [0.1, 0.15) is 24.6 Å². The second-order valence-corrected chi connectivity index (χ2v) is 12.7. The van der Waals surface area contributed by atoms with E-state index in [9.17, 15) is 29.3 Å². The van der Waals surface area contributed by atoms with Gasteiger partial charge in [-0.15, -0.1) is 11.8 Å². The number of nitrogens with two attached hydrogens (primary N) is 1. The van der Waals surface area contributed by atoms with E-state index in [1.54, 1.807) is 44.2 Å². The average Bonchev–Trinajstić information content (AvgIpc) is 3.29. The number of nitrogens with one attached hydrogen (secondary N) is 1. The van der Waals surface area contributed by atoms with Crippen molar-refractivity contribution < 1.29 is 33.6 Å². The van der Waals surface area contributed by atoms with Gasteiger partial charge in [0, 0.05) is 16.9 Å². The second kappa shape index (κ2) is 12.1. The van der Waals surface area contributed by atoms with Gasteiger partial charge in [0.05, 0.1) is 4.92 Å². The van der Waals surface area contributed by atoms with Crippen LogP contribution in [0.1, 0.15) is 36.5 Å². The molecule has 2 aliphatic rings. The number of carbonyl (C=O) groups is 4. The van der Waals surface area contributed by atoms with Crippen LogP contribution in [0.25, 0.3) is 0 Å². The van der Waals surface area contributed by atoms with E-state index in [0.717, 1.165) is 5.56 Å². The Balaban J connectivity index is 1.30. The number of esters is 2. The third kappa shape index (κ3) is 5.88. The molecule has 0 aromatic heterocycles. The zero-order chi connectivity index (χ0) is 31.6. The molecule has 0 radical (unpaired) electrons. The van der Waals surface area contributed by atoms with Gasteiger partial charge in [0.15, 0.2) is 11.6 Å². The quantitative estimate of drug-likeness (QED) is 0.0859. The van der Waals surface area contributed by atoms with E-state index < -0.39 is 56.4 Å². The van der Waals surface area contributed by atoms with E-state index in [2.05, 4.69) is 5.32 Å². The smallest absolute Gasteiger partial charge is 0.330 e. The molecule has 3 aromatic carbocycles. The van der Waals surface area contributed by atoms with Crippen molar-refractivity contribution in [3.05, 3.63) is 112 Å². The predicted molar refractivity (Wildman–Crippen MR) is 159 cm³/mol. The maximum atomic E-state index is 13.7. The number of ether oxygens (including phenoxy) is 2. The third-order valence-electron chi connectivity index (χ3n) is 7.52. The van der Waals surface area contributed by atoms with Gasteiger partial charge in [-0.25, -0.2) is 4.79 Å². The van der Waals surface area contributed by atoms with Crippen LogP contribution in [-0.4, -0.2) is 55.4 Å². The number of nitro groups is 1. The molecule has 2 aliphatic heterocycles. The lowest BCUT2D eigenvalue weighted by atomic mass is 9.90.